The molecule has 0 heterocycles. The first-order valence-corrected chi connectivity index (χ1v) is 5.22. The zero-order valence-electron chi connectivity index (χ0n) is 9.10. The molecular weight excluding hydrogens is 213 g/mol. The normalized spacial score (nSPS) is 10.4. The van der Waals surface area contributed by atoms with Crippen LogP contribution in [0.5, 0.6) is 0 Å². The Kier molecular flexibility index (Phi) is 3.32. The van der Waals surface area contributed by atoms with Gasteiger partial charge in [-0.2, -0.15) is 5.26 Å². The first-order chi connectivity index (χ1) is 8.29. The van der Waals surface area contributed by atoms with Crippen molar-refractivity contribution in [2.75, 3.05) is 0 Å². The monoisotopic (exact) mass is 223 g/mol. The minimum Gasteiger partial charge on any atom is -0.207 e. The Labute approximate surface area is 99.5 Å². The zero-order chi connectivity index (χ0) is 12.1. The largest absolute Gasteiger partial charge is 0.207 e. The van der Waals surface area contributed by atoms with Crippen LogP contribution in [0.25, 0.3) is 12.2 Å². The summed E-state index contributed by atoms with van der Waals surface area (Å²) >= 11 is 0. The Morgan fingerprint density at radius 3 is 2.59 bits per heavy atom. The molecule has 0 bridgehead atoms. The predicted molar refractivity (Wildman–Crippen MR) is 66.5 cm³/mol. The second-order valence-corrected chi connectivity index (χ2v) is 3.59. The fourth-order valence-corrected chi connectivity index (χ4v) is 1.54. The third-order valence-electron chi connectivity index (χ3n) is 2.39. The summed E-state index contributed by atoms with van der Waals surface area (Å²) in [5, 5.41) is 8.92. The van der Waals surface area contributed by atoms with Gasteiger partial charge in [0.15, 0.2) is 0 Å². The Bertz CT molecular complexity index is 594. The van der Waals surface area contributed by atoms with Crippen molar-refractivity contribution in [2.45, 2.75) is 0 Å². The number of nitriles is 1. The van der Waals surface area contributed by atoms with Gasteiger partial charge in [0.25, 0.3) is 0 Å². The second kappa shape index (κ2) is 5.09. The van der Waals surface area contributed by atoms with E-state index in [1.807, 2.05) is 30.3 Å². The molecule has 2 aromatic carbocycles. The van der Waals surface area contributed by atoms with Crippen LogP contribution in [0.15, 0.2) is 48.5 Å². The molecule has 0 fully saturated rings. The molecule has 2 rings (SSSR count). The molecule has 2 heteroatoms. The van der Waals surface area contributed by atoms with Crippen LogP contribution in [-0.2, 0) is 0 Å². The molecule has 0 N–H and O–H groups in total. The van der Waals surface area contributed by atoms with Crippen LogP contribution in [0, 0.1) is 17.1 Å². The average Bonchev–Trinajstić information content (AvgIpc) is 2.37. The third-order valence-corrected chi connectivity index (χ3v) is 2.39. The number of halogens is 1. The van der Waals surface area contributed by atoms with Crippen LogP contribution < -0.4 is 0 Å². The van der Waals surface area contributed by atoms with Gasteiger partial charge in [0.2, 0.25) is 0 Å². The topological polar surface area (TPSA) is 23.8 Å². The standard InChI is InChI=1S/C15H10FN/c16-15-7-3-4-12(10-15)8-9-13-5-1-2-6-14(13)11-17/h1-10H/b9-8+. The summed E-state index contributed by atoms with van der Waals surface area (Å²) in [7, 11) is 0. The molecule has 0 unspecified atom stereocenters. The Balaban J connectivity index is 2.30. The number of nitrogens with zero attached hydrogens (tertiary/aromatic N) is 1. The number of hydrogen-bond donors (Lipinski definition) is 0. The molecule has 0 aliphatic heterocycles. The maximum Gasteiger partial charge on any atom is 0.123 e. The van der Waals surface area contributed by atoms with Crippen LogP contribution in [0.2, 0.25) is 0 Å². The molecule has 0 aliphatic carbocycles. The number of benzene rings is 2. The van der Waals surface area contributed by atoms with Crippen molar-refractivity contribution >= 4 is 12.2 Å². The summed E-state index contributed by atoms with van der Waals surface area (Å²) in [6.07, 6.45) is 3.60. The predicted octanol–water partition coefficient (Wildman–Crippen LogP) is 3.87. The van der Waals surface area contributed by atoms with E-state index in [9.17, 15) is 4.39 Å². The lowest BCUT2D eigenvalue weighted by atomic mass is 10.1. The van der Waals surface area contributed by atoms with Crippen LogP contribution in [0.1, 0.15) is 16.7 Å². The SMILES string of the molecule is N#Cc1ccccc1/C=C/c1cccc(F)c1. The molecule has 0 saturated carbocycles. The molecular formula is C15H10FN. The summed E-state index contributed by atoms with van der Waals surface area (Å²) in [6.45, 7) is 0. The van der Waals surface area contributed by atoms with Crippen molar-refractivity contribution in [3.63, 3.8) is 0 Å². The van der Waals surface area contributed by atoms with Crippen molar-refractivity contribution in [2.24, 2.45) is 0 Å². The second-order valence-electron chi connectivity index (χ2n) is 3.59. The van der Waals surface area contributed by atoms with E-state index in [1.165, 1.54) is 12.1 Å². The number of hydrogen-bond acceptors (Lipinski definition) is 1. The molecule has 1 nitrogen and oxygen atoms in total. The third kappa shape index (κ3) is 2.79. The Morgan fingerprint density at radius 1 is 1.00 bits per heavy atom. The van der Waals surface area contributed by atoms with Crippen LogP contribution >= 0.6 is 0 Å². The van der Waals surface area contributed by atoms with Gasteiger partial charge in [0, 0.05) is 0 Å². The van der Waals surface area contributed by atoms with Gasteiger partial charge in [-0.05, 0) is 29.3 Å². The van der Waals surface area contributed by atoms with E-state index in [1.54, 1.807) is 18.2 Å². The van der Waals surface area contributed by atoms with E-state index < -0.39 is 0 Å². The van der Waals surface area contributed by atoms with Crippen molar-refractivity contribution in [3.8, 4) is 6.07 Å². The van der Waals surface area contributed by atoms with Crippen molar-refractivity contribution < 1.29 is 4.39 Å². The van der Waals surface area contributed by atoms with Crippen molar-refractivity contribution in [1.29, 1.82) is 5.26 Å². The highest BCUT2D eigenvalue weighted by Crippen LogP contribution is 2.13. The van der Waals surface area contributed by atoms with Crippen LogP contribution in [0.3, 0.4) is 0 Å². The molecule has 0 aliphatic rings. The maximum absolute atomic E-state index is 13.0. The Hall–Kier alpha value is -2.40. The van der Waals surface area contributed by atoms with E-state index in [0.717, 1.165) is 11.1 Å². The first-order valence-electron chi connectivity index (χ1n) is 5.22. The lowest BCUT2D eigenvalue weighted by molar-refractivity contribution is 0.627. The molecule has 0 amide bonds. The van der Waals surface area contributed by atoms with E-state index in [0.29, 0.717) is 5.56 Å². The summed E-state index contributed by atoms with van der Waals surface area (Å²) < 4.78 is 13.0. The minimum absolute atomic E-state index is 0.263. The molecule has 2 aromatic rings. The molecule has 82 valence electrons. The summed E-state index contributed by atoms with van der Waals surface area (Å²) in [5.41, 5.74) is 2.22. The Morgan fingerprint density at radius 2 is 1.82 bits per heavy atom. The minimum atomic E-state index is -0.263. The smallest absolute Gasteiger partial charge is 0.123 e. The first kappa shape index (κ1) is 11.1. The summed E-state index contributed by atoms with van der Waals surface area (Å²) in [4.78, 5) is 0. The van der Waals surface area contributed by atoms with Crippen LogP contribution in [0.4, 0.5) is 4.39 Å². The maximum atomic E-state index is 13.0. The zero-order valence-corrected chi connectivity index (χ0v) is 9.10. The van der Waals surface area contributed by atoms with Crippen molar-refractivity contribution in [1.82, 2.24) is 0 Å². The van der Waals surface area contributed by atoms with Gasteiger partial charge in [-0.25, -0.2) is 4.39 Å². The van der Waals surface area contributed by atoms with Gasteiger partial charge in [0.05, 0.1) is 11.6 Å². The average molecular weight is 223 g/mol. The lowest BCUT2D eigenvalue weighted by Crippen LogP contribution is -1.80. The van der Waals surface area contributed by atoms with E-state index in [4.69, 9.17) is 5.26 Å². The highest BCUT2D eigenvalue weighted by Gasteiger charge is 1.96. The lowest BCUT2D eigenvalue weighted by Gasteiger charge is -1.97. The van der Waals surface area contributed by atoms with Crippen molar-refractivity contribution in [3.05, 3.63) is 71.0 Å². The van der Waals surface area contributed by atoms with Gasteiger partial charge >= 0.3 is 0 Å². The van der Waals surface area contributed by atoms with E-state index in [-0.39, 0.29) is 5.82 Å². The molecule has 0 radical (unpaired) electrons. The fourth-order valence-electron chi connectivity index (χ4n) is 1.54. The molecule has 0 spiro atoms. The summed E-state index contributed by atoms with van der Waals surface area (Å²) in [5.74, 6) is -0.263. The van der Waals surface area contributed by atoms with E-state index in [2.05, 4.69) is 6.07 Å². The van der Waals surface area contributed by atoms with Gasteiger partial charge in [0.1, 0.15) is 5.82 Å². The van der Waals surface area contributed by atoms with Gasteiger partial charge < -0.3 is 0 Å². The molecule has 0 atom stereocenters. The molecule has 0 aromatic heterocycles. The highest BCUT2D eigenvalue weighted by atomic mass is 19.1. The van der Waals surface area contributed by atoms with Gasteiger partial charge in [-0.3, -0.25) is 0 Å². The summed E-state index contributed by atoms with van der Waals surface area (Å²) in [6, 6.07) is 15.7. The molecule has 0 saturated heterocycles. The van der Waals surface area contributed by atoms with Gasteiger partial charge in [-0.1, -0.05) is 42.5 Å². The quantitative estimate of drug-likeness (QED) is 0.709. The molecule has 17 heavy (non-hydrogen) atoms. The number of rotatable bonds is 2. The van der Waals surface area contributed by atoms with Gasteiger partial charge in [-0.15, -0.1) is 0 Å². The fraction of sp³-hybridized carbons (Fsp3) is 0. The highest BCUT2D eigenvalue weighted by molar-refractivity contribution is 5.72. The van der Waals surface area contributed by atoms with Crippen LogP contribution in [-0.4, -0.2) is 0 Å². The van der Waals surface area contributed by atoms with E-state index >= 15 is 0 Å².